The number of hydrogen-bond acceptors (Lipinski definition) is 5. The standard InChI is InChI=1S/C21H26ClN5O2/c1-13(2)17-18(24-11-14-5-7-15(22)8-6-14)25-12-16(26-17)19(28)27-10-9-23-20(29)21(27,3)4/h5-8,12-13H,9-11H2,1-4H3,(H,23,29)(H,24,25). The predicted molar refractivity (Wildman–Crippen MR) is 113 cm³/mol. The van der Waals surface area contributed by atoms with Crippen LogP contribution < -0.4 is 10.6 Å². The van der Waals surface area contributed by atoms with Gasteiger partial charge in [-0.05, 0) is 37.5 Å². The van der Waals surface area contributed by atoms with E-state index in [1.807, 2.05) is 38.1 Å². The Kier molecular flexibility index (Phi) is 6.07. The zero-order chi connectivity index (χ0) is 21.2. The highest BCUT2D eigenvalue weighted by atomic mass is 35.5. The molecule has 0 spiro atoms. The molecule has 3 rings (SSSR count). The summed E-state index contributed by atoms with van der Waals surface area (Å²) in [5.41, 5.74) is 1.09. The number of piperazine rings is 1. The van der Waals surface area contributed by atoms with E-state index in [0.717, 1.165) is 5.56 Å². The number of hydrogen-bond donors (Lipinski definition) is 2. The molecule has 1 aliphatic heterocycles. The van der Waals surface area contributed by atoms with Gasteiger partial charge >= 0.3 is 0 Å². The molecule has 1 saturated heterocycles. The number of rotatable bonds is 5. The van der Waals surface area contributed by atoms with Crippen LogP contribution in [0.4, 0.5) is 5.82 Å². The van der Waals surface area contributed by atoms with Crippen LogP contribution in [-0.2, 0) is 11.3 Å². The van der Waals surface area contributed by atoms with Crippen molar-refractivity contribution in [1.29, 1.82) is 0 Å². The van der Waals surface area contributed by atoms with E-state index in [9.17, 15) is 9.59 Å². The normalized spacial score (nSPS) is 15.9. The van der Waals surface area contributed by atoms with Crippen LogP contribution >= 0.6 is 11.6 Å². The van der Waals surface area contributed by atoms with Gasteiger partial charge in [-0.15, -0.1) is 0 Å². The average Bonchev–Trinajstić information content (AvgIpc) is 2.69. The Hall–Kier alpha value is -2.67. The molecule has 2 N–H and O–H groups in total. The Morgan fingerprint density at radius 3 is 2.66 bits per heavy atom. The minimum atomic E-state index is -0.930. The predicted octanol–water partition coefficient (Wildman–Crippen LogP) is 3.22. The van der Waals surface area contributed by atoms with Crippen molar-refractivity contribution < 1.29 is 9.59 Å². The molecule has 0 aliphatic carbocycles. The van der Waals surface area contributed by atoms with Crippen LogP contribution in [0.25, 0.3) is 0 Å². The first-order chi connectivity index (χ1) is 13.7. The number of carbonyl (C=O) groups excluding carboxylic acids is 2. The molecule has 154 valence electrons. The monoisotopic (exact) mass is 415 g/mol. The van der Waals surface area contributed by atoms with Gasteiger partial charge in [-0.3, -0.25) is 9.59 Å². The minimum absolute atomic E-state index is 0.0700. The van der Waals surface area contributed by atoms with Crippen molar-refractivity contribution in [2.45, 2.75) is 45.7 Å². The summed E-state index contributed by atoms with van der Waals surface area (Å²) in [4.78, 5) is 35.9. The van der Waals surface area contributed by atoms with Crippen molar-refractivity contribution in [3.8, 4) is 0 Å². The lowest BCUT2D eigenvalue weighted by molar-refractivity contribution is -0.133. The van der Waals surface area contributed by atoms with Gasteiger partial charge in [0.05, 0.1) is 11.9 Å². The topological polar surface area (TPSA) is 87.2 Å². The van der Waals surface area contributed by atoms with Crippen LogP contribution in [-0.4, -0.2) is 45.3 Å². The van der Waals surface area contributed by atoms with E-state index in [1.54, 1.807) is 18.7 Å². The van der Waals surface area contributed by atoms with Gasteiger partial charge in [0, 0.05) is 24.7 Å². The van der Waals surface area contributed by atoms with Gasteiger partial charge in [-0.1, -0.05) is 37.6 Å². The number of benzene rings is 1. The Labute approximate surface area is 175 Å². The largest absolute Gasteiger partial charge is 0.364 e. The summed E-state index contributed by atoms with van der Waals surface area (Å²) in [6, 6.07) is 7.57. The second-order valence-corrected chi connectivity index (χ2v) is 8.33. The van der Waals surface area contributed by atoms with E-state index < -0.39 is 5.54 Å². The first-order valence-electron chi connectivity index (χ1n) is 9.65. The van der Waals surface area contributed by atoms with E-state index in [2.05, 4.69) is 20.6 Å². The molecule has 2 heterocycles. The number of amides is 2. The molecule has 0 bridgehead atoms. The molecule has 29 heavy (non-hydrogen) atoms. The van der Waals surface area contributed by atoms with E-state index in [0.29, 0.717) is 36.2 Å². The van der Waals surface area contributed by atoms with Crippen LogP contribution in [0.15, 0.2) is 30.5 Å². The van der Waals surface area contributed by atoms with Crippen molar-refractivity contribution in [1.82, 2.24) is 20.2 Å². The minimum Gasteiger partial charge on any atom is -0.364 e. The highest BCUT2D eigenvalue weighted by molar-refractivity contribution is 6.30. The Balaban J connectivity index is 1.82. The molecule has 1 aromatic carbocycles. The van der Waals surface area contributed by atoms with Gasteiger partial charge in [-0.25, -0.2) is 9.97 Å². The lowest BCUT2D eigenvalue weighted by Gasteiger charge is -2.40. The third-order valence-corrected chi connectivity index (χ3v) is 5.29. The van der Waals surface area contributed by atoms with Crippen LogP contribution in [0.1, 0.15) is 55.4 Å². The van der Waals surface area contributed by atoms with E-state index >= 15 is 0 Å². The second-order valence-electron chi connectivity index (χ2n) is 7.90. The lowest BCUT2D eigenvalue weighted by Crippen LogP contribution is -2.63. The number of nitrogens with one attached hydrogen (secondary N) is 2. The molecular formula is C21H26ClN5O2. The van der Waals surface area contributed by atoms with Crippen molar-refractivity contribution in [3.05, 3.63) is 52.4 Å². The van der Waals surface area contributed by atoms with E-state index in [1.165, 1.54) is 6.20 Å². The lowest BCUT2D eigenvalue weighted by atomic mass is 9.98. The van der Waals surface area contributed by atoms with Crippen LogP contribution in [0.3, 0.4) is 0 Å². The van der Waals surface area contributed by atoms with Crippen LogP contribution in [0, 0.1) is 0 Å². The smallest absolute Gasteiger partial charge is 0.275 e. The van der Waals surface area contributed by atoms with Crippen LogP contribution in [0.5, 0.6) is 0 Å². The Bertz CT molecular complexity index is 912. The van der Waals surface area contributed by atoms with Gasteiger partial charge in [0.25, 0.3) is 5.91 Å². The summed E-state index contributed by atoms with van der Waals surface area (Å²) in [6.07, 6.45) is 1.47. The summed E-state index contributed by atoms with van der Waals surface area (Å²) in [6.45, 7) is 8.91. The Morgan fingerprint density at radius 2 is 2.00 bits per heavy atom. The Morgan fingerprint density at radius 1 is 1.31 bits per heavy atom. The summed E-state index contributed by atoms with van der Waals surface area (Å²) in [5.74, 6) is 0.252. The molecule has 0 unspecified atom stereocenters. The zero-order valence-electron chi connectivity index (χ0n) is 17.1. The first kappa shape index (κ1) is 21.0. The SMILES string of the molecule is CC(C)c1nc(C(=O)N2CCNC(=O)C2(C)C)cnc1NCc1ccc(Cl)cc1. The van der Waals surface area contributed by atoms with Gasteiger partial charge in [0.2, 0.25) is 5.91 Å². The van der Waals surface area contributed by atoms with E-state index in [-0.39, 0.29) is 23.4 Å². The molecule has 2 aromatic rings. The maximum atomic E-state index is 13.1. The summed E-state index contributed by atoms with van der Waals surface area (Å²) < 4.78 is 0. The third kappa shape index (κ3) is 4.50. The molecule has 0 radical (unpaired) electrons. The van der Waals surface area contributed by atoms with Gasteiger partial charge in [-0.2, -0.15) is 0 Å². The van der Waals surface area contributed by atoms with Crippen molar-refractivity contribution in [2.24, 2.45) is 0 Å². The van der Waals surface area contributed by atoms with Gasteiger partial charge in [0.1, 0.15) is 17.1 Å². The van der Waals surface area contributed by atoms with Crippen molar-refractivity contribution >= 4 is 29.2 Å². The number of anilines is 1. The molecule has 1 aromatic heterocycles. The highest BCUT2D eigenvalue weighted by Crippen LogP contribution is 2.24. The summed E-state index contributed by atoms with van der Waals surface area (Å²) >= 11 is 5.93. The third-order valence-electron chi connectivity index (χ3n) is 5.04. The van der Waals surface area contributed by atoms with Gasteiger partial charge < -0.3 is 15.5 Å². The van der Waals surface area contributed by atoms with E-state index in [4.69, 9.17) is 11.6 Å². The molecule has 1 aliphatic rings. The fraction of sp³-hybridized carbons (Fsp3) is 0.429. The number of nitrogens with zero attached hydrogens (tertiary/aromatic N) is 3. The fourth-order valence-electron chi connectivity index (χ4n) is 3.23. The van der Waals surface area contributed by atoms with Crippen molar-refractivity contribution in [2.75, 3.05) is 18.4 Å². The van der Waals surface area contributed by atoms with Gasteiger partial charge in [0.15, 0.2) is 0 Å². The molecule has 1 fully saturated rings. The fourth-order valence-corrected chi connectivity index (χ4v) is 3.35. The summed E-state index contributed by atoms with van der Waals surface area (Å²) in [7, 11) is 0. The average molecular weight is 416 g/mol. The molecule has 7 nitrogen and oxygen atoms in total. The molecule has 0 atom stereocenters. The quantitative estimate of drug-likeness (QED) is 0.782. The molecular weight excluding hydrogens is 390 g/mol. The van der Waals surface area contributed by atoms with Crippen LogP contribution in [0.2, 0.25) is 5.02 Å². The number of aromatic nitrogens is 2. The number of halogens is 1. The first-order valence-corrected chi connectivity index (χ1v) is 10.0. The molecule has 0 saturated carbocycles. The molecule has 8 heteroatoms. The highest BCUT2D eigenvalue weighted by Gasteiger charge is 2.41. The second kappa shape index (κ2) is 8.37. The molecule has 2 amide bonds. The maximum absolute atomic E-state index is 13.1. The summed E-state index contributed by atoms with van der Waals surface area (Å²) in [5, 5.41) is 6.78. The number of carbonyl (C=O) groups is 2. The van der Waals surface area contributed by atoms with Crippen molar-refractivity contribution in [3.63, 3.8) is 0 Å². The zero-order valence-corrected chi connectivity index (χ0v) is 17.9. The maximum Gasteiger partial charge on any atom is 0.275 e.